The highest BCUT2D eigenvalue weighted by atomic mass is 127. The van der Waals surface area contributed by atoms with Crippen LogP contribution in [0.15, 0.2) is 40.7 Å². The Morgan fingerprint density at radius 2 is 2.07 bits per heavy atom. The highest BCUT2D eigenvalue weighted by molar-refractivity contribution is 14.0. The number of rotatable bonds is 7. The number of methoxy groups -OCH3 is 2. The second-order valence-corrected chi connectivity index (χ2v) is 8.09. The Labute approximate surface area is 194 Å². The zero-order valence-electron chi connectivity index (χ0n) is 17.3. The number of nitrogens with two attached hydrogens (primary N) is 1. The van der Waals surface area contributed by atoms with E-state index in [4.69, 9.17) is 15.2 Å². The summed E-state index contributed by atoms with van der Waals surface area (Å²) in [5, 5.41) is 5.49. The average Bonchev–Trinajstić information content (AvgIpc) is 3.24. The second kappa shape index (κ2) is 11.6. The van der Waals surface area contributed by atoms with Crippen LogP contribution in [0.3, 0.4) is 0 Å². The van der Waals surface area contributed by atoms with Crippen molar-refractivity contribution in [3.63, 3.8) is 0 Å². The van der Waals surface area contributed by atoms with E-state index in [9.17, 15) is 0 Å². The van der Waals surface area contributed by atoms with E-state index in [2.05, 4.69) is 39.8 Å². The molecule has 0 amide bonds. The Bertz CT molecular complexity index is 785. The lowest BCUT2D eigenvalue weighted by atomic mass is 9.88. The van der Waals surface area contributed by atoms with E-state index in [1.165, 1.54) is 17.7 Å². The SMILES string of the molecule is COc1ccc(CN=C(N)NCC2CCCN(C)C2c2cccs2)cc1OC.I. The first kappa shape index (κ1) is 23.8. The van der Waals surface area contributed by atoms with Crippen LogP contribution in [0, 0.1) is 5.92 Å². The van der Waals surface area contributed by atoms with Gasteiger partial charge in [0.15, 0.2) is 17.5 Å². The topological polar surface area (TPSA) is 72.1 Å². The molecule has 3 N–H and O–H groups in total. The summed E-state index contributed by atoms with van der Waals surface area (Å²) in [6, 6.07) is 10.6. The quantitative estimate of drug-likeness (QED) is 0.323. The molecule has 1 saturated heterocycles. The van der Waals surface area contributed by atoms with Gasteiger partial charge in [-0.15, -0.1) is 35.3 Å². The van der Waals surface area contributed by atoms with Gasteiger partial charge in [0.1, 0.15) is 0 Å². The fourth-order valence-corrected chi connectivity index (χ4v) is 4.81. The fraction of sp³-hybridized carbons (Fsp3) is 0.476. The van der Waals surface area contributed by atoms with E-state index in [0.717, 1.165) is 18.7 Å². The molecule has 1 fully saturated rings. The third-order valence-corrected chi connectivity index (χ3v) is 6.21. The molecule has 2 heterocycles. The summed E-state index contributed by atoms with van der Waals surface area (Å²) < 4.78 is 10.6. The summed E-state index contributed by atoms with van der Waals surface area (Å²) in [6.07, 6.45) is 2.41. The van der Waals surface area contributed by atoms with Crippen LogP contribution in [0.2, 0.25) is 0 Å². The Morgan fingerprint density at radius 3 is 2.76 bits per heavy atom. The first-order valence-electron chi connectivity index (χ1n) is 9.60. The number of likely N-dealkylation sites (tertiary alicyclic amines) is 1. The lowest BCUT2D eigenvalue weighted by Gasteiger charge is -2.39. The van der Waals surface area contributed by atoms with Crippen LogP contribution in [-0.4, -0.2) is 45.2 Å². The van der Waals surface area contributed by atoms with Crippen molar-refractivity contribution >= 4 is 41.3 Å². The molecule has 6 nitrogen and oxygen atoms in total. The van der Waals surface area contributed by atoms with Crippen LogP contribution >= 0.6 is 35.3 Å². The number of aliphatic imine (C=N–C) groups is 1. The molecular formula is C21H31IN4O2S. The fourth-order valence-electron chi connectivity index (χ4n) is 3.83. The van der Waals surface area contributed by atoms with Crippen molar-refractivity contribution in [2.75, 3.05) is 34.4 Å². The van der Waals surface area contributed by atoms with Gasteiger partial charge >= 0.3 is 0 Å². The largest absolute Gasteiger partial charge is 0.493 e. The van der Waals surface area contributed by atoms with Gasteiger partial charge in [-0.1, -0.05) is 12.1 Å². The number of nitrogens with zero attached hydrogens (tertiary/aromatic N) is 2. The highest BCUT2D eigenvalue weighted by Crippen LogP contribution is 2.36. The van der Waals surface area contributed by atoms with Gasteiger partial charge in [0.25, 0.3) is 0 Å². The molecule has 29 heavy (non-hydrogen) atoms. The summed E-state index contributed by atoms with van der Waals surface area (Å²) in [7, 11) is 5.47. The predicted octanol–water partition coefficient (Wildman–Crippen LogP) is 3.87. The molecule has 1 aliphatic rings. The first-order chi connectivity index (χ1) is 13.6. The Balaban J connectivity index is 0.00000300. The van der Waals surface area contributed by atoms with Gasteiger partial charge in [0.05, 0.1) is 20.8 Å². The van der Waals surface area contributed by atoms with Gasteiger partial charge in [0.2, 0.25) is 0 Å². The minimum Gasteiger partial charge on any atom is -0.493 e. The third-order valence-electron chi connectivity index (χ3n) is 5.27. The standard InChI is InChI=1S/C21H30N4O2S.HI/c1-25-10-4-6-16(20(25)19-7-5-11-28-19)14-24-21(22)23-13-15-8-9-17(26-2)18(12-15)27-3;/h5,7-9,11-12,16,20H,4,6,10,13-14H2,1-3H3,(H3,22,23,24);1H. The third kappa shape index (κ3) is 6.23. The maximum atomic E-state index is 6.14. The molecule has 8 heteroatoms. The summed E-state index contributed by atoms with van der Waals surface area (Å²) in [5.74, 6) is 2.41. The molecular weight excluding hydrogens is 499 g/mol. The summed E-state index contributed by atoms with van der Waals surface area (Å²) >= 11 is 1.83. The van der Waals surface area contributed by atoms with Crippen molar-refractivity contribution in [2.45, 2.75) is 25.4 Å². The number of guanidine groups is 1. The average molecular weight is 530 g/mol. The molecule has 0 saturated carbocycles. The second-order valence-electron chi connectivity index (χ2n) is 7.11. The highest BCUT2D eigenvalue weighted by Gasteiger charge is 2.31. The maximum Gasteiger partial charge on any atom is 0.188 e. The summed E-state index contributed by atoms with van der Waals surface area (Å²) in [5.41, 5.74) is 7.16. The number of benzene rings is 1. The minimum atomic E-state index is 0. The van der Waals surface area contributed by atoms with Crippen molar-refractivity contribution in [1.82, 2.24) is 10.2 Å². The number of thiophene rings is 1. The molecule has 0 spiro atoms. The van der Waals surface area contributed by atoms with E-state index >= 15 is 0 Å². The summed E-state index contributed by atoms with van der Waals surface area (Å²) in [4.78, 5) is 8.38. The lowest BCUT2D eigenvalue weighted by molar-refractivity contribution is 0.125. The number of hydrogen-bond acceptors (Lipinski definition) is 5. The van der Waals surface area contributed by atoms with Gasteiger partial charge in [-0.2, -0.15) is 0 Å². The van der Waals surface area contributed by atoms with Crippen molar-refractivity contribution in [1.29, 1.82) is 0 Å². The molecule has 160 valence electrons. The number of piperidine rings is 1. The first-order valence-corrected chi connectivity index (χ1v) is 10.5. The maximum absolute atomic E-state index is 6.14. The van der Waals surface area contributed by atoms with E-state index in [1.54, 1.807) is 14.2 Å². The lowest BCUT2D eigenvalue weighted by Crippen LogP contribution is -2.43. The van der Waals surface area contributed by atoms with Crippen molar-refractivity contribution in [3.05, 3.63) is 46.2 Å². The Kier molecular flexibility index (Phi) is 9.51. The zero-order chi connectivity index (χ0) is 19.9. The Hall–Kier alpha value is -1.52. The molecule has 1 aromatic heterocycles. The number of halogens is 1. The van der Waals surface area contributed by atoms with Gasteiger partial charge in [-0.25, -0.2) is 4.99 Å². The predicted molar refractivity (Wildman–Crippen MR) is 131 cm³/mol. The molecule has 2 aromatic rings. The van der Waals surface area contributed by atoms with Crippen LogP contribution in [0.1, 0.15) is 29.3 Å². The normalized spacial score (nSPS) is 20.0. The molecule has 3 rings (SSSR count). The van der Waals surface area contributed by atoms with E-state index in [1.807, 2.05) is 29.5 Å². The van der Waals surface area contributed by atoms with Crippen molar-refractivity contribution in [2.24, 2.45) is 16.6 Å². The van der Waals surface area contributed by atoms with Crippen LogP contribution in [-0.2, 0) is 6.54 Å². The molecule has 2 unspecified atom stereocenters. The molecule has 0 radical (unpaired) electrons. The smallest absolute Gasteiger partial charge is 0.188 e. The van der Waals surface area contributed by atoms with E-state index in [0.29, 0.717) is 36.0 Å². The number of hydrogen-bond donors (Lipinski definition) is 2. The van der Waals surface area contributed by atoms with Crippen LogP contribution < -0.4 is 20.5 Å². The zero-order valence-corrected chi connectivity index (χ0v) is 20.4. The van der Waals surface area contributed by atoms with Crippen molar-refractivity contribution < 1.29 is 9.47 Å². The number of ether oxygens (including phenoxy) is 2. The number of nitrogens with one attached hydrogen (secondary N) is 1. The minimum absolute atomic E-state index is 0. The van der Waals surface area contributed by atoms with Gasteiger partial charge < -0.3 is 20.5 Å². The van der Waals surface area contributed by atoms with Gasteiger partial charge in [0, 0.05) is 17.5 Å². The molecule has 1 aromatic carbocycles. The van der Waals surface area contributed by atoms with E-state index in [-0.39, 0.29) is 24.0 Å². The van der Waals surface area contributed by atoms with E-state index < -0.39 is 0 Å². The van der Waals surface area contributed by atoms with Crippen LogP contribution in [0.4, 0.5) is 0 Å². The molecule has 0 bridgehead atoms. The molecule has 2 atom stereocenters. The monoisotopic (exact) mass is 530 g/mol. The molecule has 1 aliphatic heterocycles. The van der Waals surface area contributed by atoms with Crippen LogP contribution in [0.5, 0.6) is 11.5 Å². The van der Waals surface area contributed by atoms with Crippen molar-refractivity contribution in [3.8, 4) is 11.5 Å². The Morgan fingerprint density at radius 1 is 1.28 bits per heavy atom. The summed E-state index contributed by atoms with van der Waals surface area (Å²) in [6.45, 7) is 2.47. The van der Waals surface area contributed by atoms with Gasteiger partial charge in [-0.05, 0) is 61.5 Å². The molecule has 0 aliphatic carbocycles. The van der Waals surface area contributed by atoms with Crippen LogP contribution in [0.25, 0.3) is 0 Å². The van der Waals surface area contributed by atoms with Gasteiger partial charge in [-0.3, -0.25) is 4.90 Å².